The van der Waals surface area contributed by atoms with Crippen LogP contribution in [0.5, 0.6) is 0 Å². The number of carbonyl (C=O) groups is 1. The molecule has 80 valence electrons. The van der Waals surface area contributed by atoms with Crippen molar-refractivity contribution in [2.45, 2.75) is 24.7 Å². The molecule has 1 aromatic rings. The maximum atomic E-state index is 13.6. The number of benzene rings is 1. The Hall–Kier alpha value is -1.09. The normalized spacial score (nSPS) is 17.5. The van der Waals surface area contributed by atoms with Crippen LogP contribution in [-0.2, 0) is 10.2 Å². The quantitative estimate of drug-likeness (QED) is 0.864. The number of halogens is 2. The van der Waals surface area contributed by atoms with Gasteiger partial charge in [0.05, 0.1) is 6.42 Å². The average molecular weight is 229 g/mol. The highest BCUT2D eigenvalue weighted by atomic mass is 35.5. The molecule has 1 fully saturated rings. The number of hydrogen-bond donors (Lipinski definition) is 1. The summed E-state index contributed by atoms with van der Waals surface area (Å²) in [5.41, 5.74) is -0.00478. The van der Waals surface area contributed by atoms with Gasteiger partial charge in [-0.05, 0) is 30.5 Å². The van der Waals surface area contributed by atoms with E-state index in [2.05, 4.69) is 0 Å². The molecule has 0 amide bonds. The molecule has 0 spiro atoms. The van der Waals surface area contributed by atoms with Crippen LogP contribution in [0.1, 0.15) is 24.8 Å². The molecule has 0 saturated heterocycles. The zero-order chi connectivity index (χ0) is 11.1. The standard InChI is InChI=1S/C11H10ClFO2/c12-7-1-2-8(9(13)5-7)11(3-4-11)6-10(14)15/h1-2,5H,3-4,6H2,(H,14,15). The predicted octanol–water partition coefficient (Wildman–Crippen LogP) is 2.99. The van der Waals surface area contributed by atoms with Gasteiger partial charge in [-0.1, -0.05) is 17.7 Å². The van der Waals surface area contributed by atoms with E-state index in [1.165, 1.54) is 6.07 Å². The molecule has 15 heavy (non-hydrogen) atoms. The van der Waals surface area contributed by atoms with E-state index in [4.69, 9.17) is 16.7 Å². The fourth-order valence-corrected chi connectivity index (χ4v) is 2.06. The molecule has 1 aromatic carbocycles. The molecule has 1 aliphatic carbocycles. The van der Waals surface area contributed by atoms with Crippen LogP contribution in [0.15, 0.2) is 18.2 Å². The molecule has 2 nitrogen and oxygen atoms in total. The molecule has 2 rings (SSSR count). The van der Waals surface area contributed by atoms with E-state index in [9.17, 15) is 9.18 Å². The SMILES string of the molecule is O=C(O)CC1(c2ccc(Cl)cc2F)CC1. The molecule has 4 heteroatoms. The van der Waals surface area contributed by atoms with Crippen molar-refractivity contribution in [3.8, 4) is 0 Å². The molecular formula is C11H10ClFO2. The molecule has 0 unspecified atom stereocenters. The molecule has 0 heterocycles. The maximum Gasteiger partial charge on any atom is 0.304 e. The van der Waals surface area contributed by atoms with Crippen LogP contribution in [0, 0.1) is 5.82 Å². The molecule has 0 aromatic heterocycles. The van der Waals surface area contributed by atoms with Gasteiger partial charge < -0.3 is 5.11 Å². The summed E-state index contributed by atoms with van der Waals surface area (Å²) in [5, 5.41) is 9.08. The van der Waals surface area contributed by atoms with E-state index in [0.717, 1.165) is 12.8 Å². The average Bonchev–Trinajstić information content (AvgIpc) is 2.83. The Bertz CT molecular complexity index is 413. The zero-order valence-electron chi connectivity index (χ0n) is 7.96. The van der Waals surface area contributed by atoms with Crippen LogP contribution >= 0.6 is 11.6 Å². The number of aliphatic carboxylic acids is 1. The highest BCUT2D eigenvalue weighted by molar-refractivity contribution is 6.30. The third kappa shape index (κ3) is 1.97. The van der Waals surface area contributed by atoms with Crippen molar-refractivity contribution >= 4 is 17.6 Å². The van der Waals surface area contributed by atoms with Crippen molar-refractivity contribution in [1.29, 1.82) is 0 Å². The van der Waals surface area contributed by atoms with Gasteiger partial charge in [-0.2, -0.15) is 0 Å². The van der Waals surface area contributed by atoms with Gasteiger partial charge in [-0.3, -0.25) is 4.79 Å². The summed E-state index contributed by atoms with van der Waals surface area (Å²) in [5.74, 6) is -1.29. The molecule has 0 atom stereocenters. The Morgan fingerprint density at radius 3 is 2.67 bits per heavy atom. The minimum atomic E-state index is -0.887. The van der Waals surface area contributed by atoms with Gasteiger partial charge in [0, 0.05) is 10.4 Å². The molecule has 0 aliphatic heterocycles. The predicted molar refractivity (Wildman–Crippen MR) is 54.6 cm³/mol. The first-order valence-corrected chi connectivity index (χ1v) is 5.09. The summed E-state index contributed by atoms with van der Waals surface area (Å²) in [7, 11) is 0. The summed E-state index contributed by atoms with van der Waals surface area (Å²) >= 11 is 5.64. The number of hydrogen-bond acceptors (Lipinski definition) is 1. The Morgan fingerprint density at radius 1 is 1.53 bits per heavy atom. The summed E-state index contributed by atoms with van der Waals surface area (Å²) in [6.45, 7) is 0. The van der Waals surface area contributed by atoms with E-state index >= 15 is 0 Å². The van der Waals surface area contributed by atoms with Gasteiger partial charge in [0.15, 0.2) is 0 Å². The molecular weight excluding hydrogens is 219 g/mol. The van der Waals surface area contributed by atoms with E-state index in [0.29, 0.717) is 10.6 Å². The van der Waals surface area contributed by atoms with Crippen LogP contribution in [0.2, 0.25) is 5.02 Å². The monoisotopic (exact) mass is 228 g/mol. The second-order valence-corrected chi connectivity index (χ2v) is 4.41. The van der Waals surface area contributed by atoms with Crippen LogP contribution in [0.3, 0.4) is 0 Å². The third-order valence-corrected chi connectivity index (χ3v) is 3.08. The van der Waals surface area contributed by atoms with E-state index in [1.54, 1.807) is 12.1 Å². The van der Waals surface area contributed by atoms with Gasteiger partial charge in [-0.15, -0.1) is 0 Å². The second-order valence-electron chi connectivity index (χ2n) is 3.98. The van der Waals surface area contributed by atoms with Gasteiger partial charge >= 0.3 is 5.97 Å². The van der Waals surface area contributed by atoms with E-state index in [1.807, 2.05) is 0 Å². The van der Waals surface area contributed by atoms with Crippen molar-refractivity contribution in [2.75, 3.05) is 0 Å². The van der Waals surface area contributed by atoms with Crippen LogP contribution in [0.4, 0.5) is 4.39 Å². The molecule has 1 saturated carbocycles. The Labute approximate surface area is 91.7 Å². The van der Waals surface area contributed by atoms with Gasteiger partial charge in [0.25, 0.3) is 0 Å². The van der Waals surface area contributed by atoms with Crippen molar-refractivity contribution in [3.63, 3.8) is 0 Å². The highest BCUT2D eigenvalue weighted by Crippen LogP contribution is 2.51. The summed E-state index contributed by atoms with van der Waals surface area (Å²) in [6.07, 6.45) is 1.46. The molecule has 1 aliphatic rings. The molecule has 0 radical (unpaired) electrons. The van der Waals surface area contributed by atoms with Crippen LogP contribution in [0.25, 0.3) is 0 Å². The Balaban J connectivity index is 2.33. The topological polar surface area (TPSA) is 37.3 Å². The minimum Gasteiger partial charge on any atom is -0.481 e. The first-order chi connectivity index (χ1) is 7.03. The third-order valence-electron chi connectivity index (χ3n) is 2.85. The number of rotatable bonds is 3. The Morgan fingerprint density at radius 2 is 2.20 bits per heavy atom. The van der Waals surface area contributed by atoms with Crippen molar-refractivity contribution < 1.29 is 14.3 Å². The number of carboxylic acids is 1. The lowest BCUT2D eigenvalue weighted by Gasteiger charge is -2.13. The summed E-state index contributed by atoms with van der Waals surface area (Å²) in [4.78, 5) is 10.7. The maximum absolute atomic E-state index is 13.6. The summed E-state index contributed by atoms with van der Waals surface area (Å²) < 4.78 is 13.6. The van der Waals surface area contributed by atoms with E-state index < -0.39 is 17.2 Å². The van der Waals surface area contributed by atoms with Crippen molar-refractivity contribution in [3.05, 3.63) is 34.6 Å². The highest BCUT2D eigenvalue weighted by Gasteiger charge is 2.47. The zero-order valence-corrected chi connectivity index (χ0v) is 8.72. The fourth-order valence-electron chi connectivity index (χ4n) is 1.90. The van der Waals surface area contributed by atoms with Crippen LogP contribution in [-0.4, -0.2) is 11.1 Å². The Kier molecular flexibility index (Phi) is 2.43. The van der Waals surface area contributed by atoms with Gasteiger partial charge in [0.2, 0.25) is 0 Å². The van der Waals surface area contributed by atoms with Gasteiger partial charge in [-0.25, -0.2) is 4.39 Å². The largest absolute Gasteiger partial charge is 0.481 e. The van der Waals surface area contributed by atoms with Crippen molar-refractivity contribution in [2.24, 2.45) is 0 Å². The number of carboxylic acid groups (broad SMARTS) is 1. The fraction of sp³-hybridized carbons (Fsp3) is 0.364. The lowest BCUT2D eigenvalue weighted by Crippen LogP contribution is -2.14. The first-order valence-electron chi connectivity index (χ1n) is 4.71. The second kappa shape index (κ2) is 3.49. The lowest BCUT2D eigenvalue weighted by atomic mass is 9.92. The van der Waals surface area contributed by atoms with Crippen LogP contribution < -0.4 is 0 Å². The minimum absolute atomic E-state index is 0.00838. The first kappa shape index (κ1) is 10.4. The van der Waals surface area contributed by atoms with Crippen molar-refractivity contribution in [1.82, 2.24) is 0 Å². The van der Waals surface area contributed by atoms with E-state index in [-0.39, 0.29) is 6.42 Å². The smallest absolute Gasteiger partial charge is 0.304 e. The molecule has 0 bridgehead atoms. The lowest BCUT2D eigenvalue weighted by molar-refractivity contribution is -0.137. The molecule has 1 N–H and O–H groups in total. The van der Waals surface area contributed by atoms with Gasteiger partial charge in [0.1, 0.15) is 5.82 Å². The summed E-state index contributed by atoms with van der Waals surface area (Å²) in [6, 6.07) is 4.42.